The van der Waals surface area contributed by atoms with Gasteiger partial charge in [-0.2, -0.15) is 0 Å². The Morgan fingerprint density at radius 2 is 1.96 bits per heavy atom. The Morgan fingerprint density at radius 3 is 2.78 bits per heavy atom. The molecule has 0 unspecified atom stereocenters. The van der Waals surface area contributed by atoms with Crippen LogP contribution in [0.25, 0.3) is 10.9 Å². The maximum absolute atomic E-state index is 10.8. The van der Waals surface area contributed by atoms with Crippen molar-refractivity contribution in [2.45, 2.75) is 31.4 Å². The van der Waals surface area contributed by atoms with Crippen LogP contribution in [-0.4, -0.2) is 59.2 Å². The van der Waals surface area contributed by atoms with Crippen LogP contribution in [0.1, 0.15) is 25.0 Å². The van der Waals surface area contributed by atoms with Crippen molar-refractivity contribution in [3.8, 4) is 0 Å². The molecule has 1 saturated heterocycles. The van der Waals surface area contributed by atoms with E-state index in [-0.39, 0.29) is 0 Å². The summed E-state index contributed by atoms with van der Waals surface area (Å²) < 4.78 is 0. The number of hydrogen-bond donors (Lipinski definition) is 1. The normalized spacial score (nSPS) is 23.3. The Balaban J connectivity index is 1.65. The summed E-state index contributed by atoms with van der Waals surface area (Å²) >= 11 is 0. The summed E-state index contributed by atoms with van der Waals surface area (Å²) in [4.78, 5) is 9.28. The number of likely N-dealkylation sites (tertiary alicyclic amines) is 1. The van der Waals surface area contributed by atoms with Gasteiger partial charge in [0.05, 0.1) is 16.8 Å². The quantitative estimate of drug-likeness (QED) is 0.941. The molecule has 0 saturated carbocycles. The molecule has 1 fully saturated rings. The summed E-state index contributed by atoms with van der Waals surface area (Å²) in [5, 5.41) is 12.0. The van der Waals surface area contributed by atoms with Gasteiger partial charge in [-0.25, -0.2) is 0 Å². The summed E-state index contributed by atoms with van der Waals surface area (Å²) in [5.41, 5.74) is 1.63. The Kier molecular flexibility index (Phi) is 4.95. The number of benzene rings is 1. The third kappa shape index (κ3) is 4.28. The van der Waals surface area contributed by atoms with Crippen LogP contribution < -0.4 is 0 Å². The van der Waals surface area contributed by atoms with E-state index in [1.54, 1.807) is 0 Å². The van der Waals surface area contributed by atoms with Crippen molar-refractivity contribution >= 4 is 10.9 Å². The number of rotatable bonds is 4. The van der Waals surface area contributed by atoms with E-state index < -0.39 is 5.60 Å². The summed E-state index contributed by atoms with van der Waals surface area (Å²) in [5.74, 6) is 0. The molecular formula is C19H27N3O. The lowest BCUT2D eigenvalue weighted by Crippen LogP contribution is -2.40. The van der Waals surface area contributed by atoms with Gasteiger partial charge in [0.1, 0.15) is 0 Å². The first-order valence-electron chi connectivity index (χ1n) is 8.48. The molecule has 23 heavy (non-hydrogen) atoms. The molecule has 124 valence electrons. The van der Waals surface area contributed by atoms with Crippen molar-refractivity contribution < 1.29 is 5.11 Å². The highest BCUT2D eigenvalue weighted by Crippen LogP contribution is 2.24. The van der Waals surface area contributed by atoms with Crippen molar-refractivity contribution in [3.63, 3.8) is 0 Å². The predicted molar refractivity (Wildman–Crippen MR) is 94.4 cm³/mol. The standard InChI is InChI=1S/C19H27N3O/c1-21(2)15-19(23)10-5-12-22(13-11-19)14-17-9-8-16-6-3-4-7-18(16)20-17/h3-4,6-9,23H,5,10-15H2,1-2H3/t19-/m0/s1. The van der Waals surface area contributed by atoms with E-state index in [0.29, 0.717) is 0 Å². The molecule has 0 amide bonds. The summed E-state index contributed by atoms with van der Waals surface area (Å²) in [6, 6.07) is 12.5. The van der Waals surface area contributed by atoms with Crippen LogP contribution in [0, 0.1) is 0 Å². The monoisotopic (exact) mass is 313 g/mol. The number of fused-ring (bicyclic) bond motifs is 1. The second-order valence-corrected chi connectivity index (χ2v) is 7.09. The lowest BCUT2D eigenvalue weighted by atomic mass is 9.94. The Hall–Kier alpha value is -1.49. The number of pyridine rings is 1. The van der Waals surface area contributed by atoms with E-state index in [1.807, 2.05) is 26.2 Å². The molecule has 4 heteroatoms. The molecule has 2 aromatic rings. The van der Waals surface area contributed by atoms with Crippen molar-refractivity contribution in [1.82, 2.24) is 14.8 Å². The van der Waals surface area contributed by atoms with Crippen LogP contribution in [0.3, 0.4) is 0 Å². The molecule has 1 aliphatic rings. The third-order valence-electron chi connectivity index (χ3n) is 4.66. The first kappa shape index (κ1) is 16.4. The van der Waals surface area contributed by atoms with E-state index in [9.17, 15) is 5.11 Å². The van der Waals surface area contributed by atoms with Crippen LogP contribution >= 0.6 is 0 Å². The van der Waals surface area contributed by atoms with Crippen LogP contribution in [0.15, 0.2) is 36.4 Å². The van der Waals surface area contributed by atoms with E-state index in [2.05, 4.69) is 34.1 Å². The highest BCUT2D eigenvalue weighted by Gasteiger charge is 2.30. The number of hydrogen-bond acceptors (Lipinski definition) is 4. The minimum atomic E-state index is -0.547. The lowest BCUT2D eigenvalue weighted by molar-refractivity contribution is 0.00255. The van der Waals surface area contributed by atoms with Crippen molar-refractivity contribution in [2.75, 3.05) is 33.7 Å². The molecule has 0 radical (unpaired) electrons. The van der Waals surface area contributed by atoms with E-state index in [0.717, 1.165) is 56.7 Å². The Labute approximate surface area is 138 Å². The van der Waals surface area contributed by atoms with Gasteiger partial charge in [-0.15, -0.1) is 0 Å². The number of likely N-dealkylation sites (N-methyl/N-ethyl adjacent to an activating group) is 1. The van der Waals surface area contributed by atoms with E-state index in [1.165, 1.54) is 5.39 Å². The molecule has 3 rings (SSSR count). The fourth-order valence-electron chi connectivity index (χ4n) is 3.57. The SMILES string of the molecule is CN(C)C[C@]1(O)CCCN(Cc2ccc3ccccc3n2)CC1. The van der Waals surface area contributed by atoms with Gasteiger partial charge in [-0.05, 0) is 52.0 Å². The molecule has 1 N–H and O–H groups in total. The fourth-order valence-corrected chi connectivity index (χ4v) is 3.57. The Morgan fingerprint density at radius 1 is 1.13 bits per heavy atom. The first-order chi connectivity index (χ1) is 11.0. The summed E-state index contributed by atoms with van der Waals surface area (Å²) in [7, 11) is 4.05. The average Bonchev–Trinajstić information content (AvgIpc) is 2.68. The molecule has 0 aliphatic carbocycles. The molecule has 1 aromatic carbocycles. The minimum Gasteiger partial charge on any atom is -0.389 e. The Bertz CT molecular complexity index is 658. The molecule has 0 spiro atoms. The van der Waals surface area contributed by atoms with Gasteiger partial charge in [-0.3, -0.25) is 9.88 Å². The molecule has 1 aliphatic heterocycles. The highest BCUT2D eigenvalue weighted by atomic mass is 16.3. The molecule has 4 nitrogen and oxygen atoms in total. The van der Waals surface area contributed by atoms with Crippen LogP contribution in [-0.2, 0) is 6.54 Å². The smallest absolute Gasteiger partial charge is 0.0786 e. The van der Waals surface area contributed by atoms with E-state index >= 15 is 0 Å². The molecule has 0 bridgehead atoms. The number of nitrogens with zero attached hydrogens (tertiary/aromatic N) is 3. The van der Waals surface area contributed by atoms with Crippen LogP contribution in [0.4, 0.5) is 0 Å². The van der Waals surface area contributed by atoms with Gasteiger partial charge in [0.2, 0.25) is 0 Å². The van der Waals surface area contributed by atoms with Gasteiger partial charge in [0, 0.05) is 25.0 Å². The maximum atomic E-state index is 10.8. The number of para-hydroxylation sites is 1. The van der Waals surface area contributed by atoms with Gasteiger partial charge < -0.3 is 10.0 Å². The van der Waals surface area contributed by atoms with Crippen LogP contribution in [0.2, 0.25) is 0 Å². The topological polar surface area (TPSA) is 39.6 Å². The van der Waals surface area contributed by atoms with Gasteiger partial charge >= 0.3 is 0 Å². The molecule has 1 atom stereocenters. The van der Waals surface area contributed by atoms with E-state index in [4.69, 9.17) is 4.98 Å². The maximum Gasteiger partial charge on any atom is 0.0786 e. The van der Waals surface area contributed by atoms with Crippen molar-refractivity contribution in [1.29, 1.82) is 0 Å². The molecular weight excluding hydrogens is 286 g/mol. The average molecular weight is 313 g/mol. The summed E-state index contributed by atoms with van der Waals surface area (Å²) in [6.45, 7) is 3.57. The minimum absolute atomic E-state index is 0.547. The second-order valence-electron chi connectivity index (χ2n) is 7.09. The van der Waals surface area contributed by atoms with Crippen LogP contribution in [0.5, 0.6) is 0 Å². The zero-order chi connectivity index (χ0) is 16.3. The van der Waals surface area contributed by atoms with Crippen molar-refractivity contribution in [3.05, 3.63) is 42.1 Å². The predicted octanol–water partition coefficient (Wildman–Crippen LogP) is 2.51. The highest BCUT2D eigenvalue weighted by molar-refractivity contribution is 5.78. The third-order valence-corrected chi connectivity index (χ3v) is 4.66. The molecule has 1 aromatic heterocycles. The largest absolute Gasteiger partial charge is 0.389 e. The van der Waals surface area contributed by atoms with Gasteiger partial charge in [-0.1, -0.05) is 24.3 Å². The zero-order valence-corrected chi connectivity index (χ0v) is 14.2. The lowest BCUT2D eigenvalue weighted by Gasteiger charge is -2.30. The second kappa shape index (κ2) is 6.95. The molecule has 2 heterocycles. The first-order valence-corrected chi connectivity index (χ1v) is 8.48. The zero-order valence-electron chi connectivity index (χ0n) is 14.2. The van der Waals surface area contributed by atoms with Gasteiger partial charge in [0.15, 0.2) is 0 Å². The van der Waals surface area contributed by atoms with Crippen molar-refractivity contribution in [2.24, 2.45) is 0 Å². The van der Waals surface area contributed by atoms with Gasteiger partial charge in [0.25, 0.3) is 0 Å². The fraction of sp³-hybridized carbons (Fsp3) is 0.526. The summed E-state index contributed by atoms with van der Waals surface area (Å²) in [6.07, 6.45) is 2.75. The number of aromatic nitrogens is 1. The number of aliphatic hydroxyl groups is 1.